The second kappa shape index (κ2) is 7.06. The van der Waals surface area contributed by atoms with E-state index in [2.05, 4.69) is 5.32 Å². The zero-order valence-corrected chi connectivity index (χ0v) is 12.1. The highest BCUT2D eigenvalue weighted by atomic mass is 16.4. The van der Waals surface area contributed by atoms with Crippen LogP contribution >= 0.6 is 0 Å². The Balaban J connectivity index is 1.93. The van der Waals surface area contributed by atoms with Gasteiger partial charge >= 0.3 is 11.9 Å². The summed E-state index contributed by atoms with van der Waals surface area (Å²) in [5.41, 5.74) is 0.967. The fourth-order valence-electron chi connectivity index (χ4n) is 2.83. The van der Waals surface area contributed by atoms with Gasteiger partial charge in [-0.1, -0.05) is 25.0 Å². The van der Waals surface area contributed by atoms with Crippen LogP contribution in [0.25, 0.3) is 0 Å². The highest BCUT2D eigenvalue weighted by Crippen LogP contribution is 2.30. The summed E-state index contributed by atoms with van der Waals surface area (Å²) >= 11 is 0. The standard InChI is InChI=1S/C16H19NO5/c18-14(12-3-1-2-4-13(12)16(21)22)17-9-10-5-7-11(8-6-10)15(19)20/h5-8,12-13H,1-4,9H2,(H,17,18)(H,19,20)(H,21,22)/t12-,13+/m1/s1. The molecule has 1 fully saturated rings. The van der Waals surface area contributed by atoms with Gasteiger partial charge in [0.25, 0.3) is 0 Å². The molecule has 0 heterocycles. The summed E-state index contributed by atoms with van der Waals surface area (Å²) in [6.45, 7) is 0.265. The van der Waals surface area contributed by atoms with Crippen LogP contribution in [0.2, 0.25) is 0 Å². The van der Waals surface area contributed by atoms with Gasteiger partial charge in [-0.05, 0) is 30.5 Å². The molecule has 0 bridgehead atoms. The van der Waals surface area contributed by atoms with E-state index in [0.717, 1.165) is 18.4 Å². The van der Waals surface area contributed by atoms with Crippen LogP contribution in [0.1, 0.15) is 41.6 Å². The summed E-state index contributed by atoms with van der Waals surface area (Å²) < 4.78 is 0. The maximum absolute atomic E-state index is 12.2. The largest absolute Gasteiger partial charge is 0.481 e. The lowest BCUT2D eigenvalue weighted by molar-refractivity contribution is -0.148. The predicted molar refractivity (Wildman–Crippen MR) is 78.3 cm³/mol. The van der Waals surface area contributed by atoms with Crippen molar-refractivity contribution >= 4 is 17.8 Å². The van der Waals surface area contributed by atoms with Crippen molar-refractivity contribution in [2.45, 2.75) is 32.2 Å². The number of hydrogen-bond donors (Lipinski definition) is 3. The molecule has 2 atom stereocenters. The van der Waals surface area contributed by atoms with Crippen molar-refractivity contribution in [3.05, 3.63) is 35.4 Å². The first-order valence-electron chi connectivity index (χ1n) is 7.32. The van der Waals surface area contributed by atoms with Gasteiger partial charge in [0.05, 0.1) is 17.4 Å². The van der Waals surface area contributed by atoms with Crippen molar-refractivity contribution in [3.63, 3.8) is 0 Å². The average molecular weight is 305 g/mol. The van der Waals surface area contributed by atoms with E-state index in [4.69, 9.17) is 5.11 Å². The quantitative estimate of drug-likeness (QED) is 0.770. The lowest BCUT2D eigenvalue weighted by Gasteiger charge is -2.27. The first kappa shape index (κ1) is 16.0. The molecule has 1 saturated carbocycles. The molecule has 1 aromatic carbocycles. The van der Waals surface area contributed by atoms with E-state index in [1.165, 1.54) is 12.1 Å². The summed E-state index contributed by atoms with van der Waals surface area (Å²) in [6.07, 6.45) is 2.86. The molecular formula is C16H19NO5. The molecule has 1 amide bonds. The first-order chi connectivity index (χ1) is 10.5. The topological polar surface area (TPSA) is 104 Å². The number of carboxylic acid groups (broad SMARTS) is 2. The Hall–Kier alpha value is -2.37. The minimum atomic E-state index is -0.998. The van der Waals surface area contributed by atoms with Gasteiger partial charge in [-0.15, -0.1) is 0 Å². The third-order valence-electron chi connectivity index (χ3n) is 4.09. The molecule has 0 saturated heterocycles. The molecule has 0 spiro atoms. The molecule has 6 heteroatoms. The molecule has 0 radical (unpaired) electrons. The Morgan fingerprint density at radius 2 is 1.59 bits per heavy atom. The summed E-state index contributed by atoms with van der Waals surface area (Å²) in [5, 5.41) is 20.8. The molecule has 0 unspecified atom stereocenters. The third kappa shape index (κ3) is 3.84. The lowest BCUT2D eigenvalue weighted by Crippen LogP contribution is -2.39. The number of amides is 1. The predicted octanol–water partition coefficient (Wildman–Crippen LogP) is 1.89. The van der Waals surface area contributed by atoms with Gasteiger partial charge in [0, 0.05) is 6.54 Å². The summed E-state index contributed by atoms with van der Waals surface area (Å²) in [5.74, 6) is -3.24. The van der Waals surface area contributed by atoms with Crippen molar-refractivity contribution in [1.29, 1.82) is 0 Å². The van der Waals surface area contributed by atoms with Crippen LogP contribution in [0.3, 0.4) is 0 Å². The average Bonchev–Trinajstić information content (AvgIpc) is 2.53. The Kier molecular flexibility index (Phi) is 5.14. The summed E-state index contributed by atoms with van der Waals surface area (Å²) in [4.78, 5) is 34.2. The van der Waals surface area contributed by atoms with Crippen molar-refractivity contribution in [2.24, 2.45) is 11.8 Å². The second-order valence-corrected chi connectivity index (χ2v) is 5.56. The van der Waals surface area contributed by atoms with E-state index in [1.54, 1.807) is 12.1 Å². The maximum atomic E-state index is 12.2. The number of rotatable bonds is 5. The molecule has 118 valence electrons. The van der Waals surface area contributed by atoms with Gasteiger partial charge in [0.15, 0.2) is 0 Å². The van der Waals surface area contributed by atoms with Crippen LogP contribution in [0, 0.1) is 11.8 Å². The monoisotopic (exact) mass is 305 g/mol. The number of aromatic carboxylic acids is 1. The SMILES string of the molecule is O=C(O)c1ccc(CNC(=O)[C@@H]2CCCC[C@@H]2C(=O)O)cc1. The Labute approximate surface area is 128 Å². The van der Waals surface area contributed by atoms with Crippen LogP contribution in [0.4, 0.5) is 0 Å². The normalized spacial score (nSPS) is 21.1. The number of carbonyl (C=O) groups excluding carboxylic acids is 1. The molecule has 22 heavy (non-hydrogen) atoms. The number of nitrogens with one attached hydrogen (secondary N) is 1. The first-order valence-corrected chi connectivity index (χ1v) is 7.32. The minimum Gasteiger partial charge on any atom is -0.481 e. The van der Waals surface area contributed by atoms with E-state index in [-0.39, 0.29) is 18.0 Å². The molecule has 3 N–H and O–H groups in total. The zero-order chi connectivity index (χ0) is 16.1. The minimum absolute atomic E-state index is 0.188. The van der Waals surface area contributed by atoms with Crippen LogP contribution in [0.15, 0.2) is 24.3 Å². The number of hydrogen-bond acceptors (Lipinski definition) is 3. The highest BCUT2D eigenvalue weighted by Gasteiger charge is 2.35. The fraction of sp³-hybridized carbons (Fsp3) is 0.438. The molecule has 0 aliphatic heterocycles. The Morgan fingerprint density at radius 3 is 2.14 bits per heavy atom. The van der Waals surface area contributed by atoms with Crippen molar-refractivity contribution in [2.75, 3.05) is 0 Å². The van der Waals surface area contributed by atoms with Crippen LogP contribution in [-0.2, 0) is 16.1 Å². The number of benzene rings is 1. The molecule has 1 aliphatic rings. The number of carbonyl (C=O) groups is 3. The Bertz CT molecular complexity index is 566. The van der Waals surface area contributed by atoms with E-state index in [9.17, 15) is 19.5 Å². The van der Waals surface area contributed by atoms with Crippen molar-refractivity contribution < 1.29 is 24.6 Å². The molecule has 6 nitrogen and oxygen atoms in total. The number of carboxylic acids is 2. The van der Waals surface area contributed by atoms with E-state index in [1.807, 2.05) is 0 Å². The van der Waals surface area contributed by atoms with Gasteiger partial charge in [0.1, 0.15) is 0 Å². The smallest absolute Gasteiger partial charge is 0.335 e. The molecule has 0 aromatic heterocycles. The zero-order valence-electron chi connectivity index (χ0n) is 12.1. The van der Waals surface area contributed by atoms with Gasteiger partial charge in [-0.2, -0.15) is 0 Å². The van der Waals surface area contributed by atoms with Crippen LogP contribution in [0.5, 0.6) is 0 Å². The number of aliphatic carboxylic acids is 1. The molecule has 1 aliphatic carbocycles. The second-order valence-electron chi connectivity index (χ2n) is 5.56. The van der Waals surface area contributed by atoms with Gasteiger partial charge in [-0.25, -0.2) is 4.79 Å². The third-order valence-corrected chi connectivity index (χ3v) is 4.09. The van der Waals surface area contributed by atoms with Gasteiger partial charge in [0.2, 0.25) is 5.91 Å². The van der Waals surface area contributed by atoms with E-state index < -0.39 is 23.8 Å². The Morgan fingerprint density at radius 1 is 1.00 bits per heavy atom. The molecular weight excluding hydrogens is 286 g/mol. The maximum Gasteiger partial charge on any atom is 0.335 e. The summed E-state index contributed by atoms with van der Waals surface area (Å²) in [6, 6.07) is 6.23. The van der Waals surface area contributed by atoms with E-state index >= 15 is 0 Å². The fourth-order valence-corrected chi connectivity index (χ4v) is 2.83. The molecule has 1 aromatic rings. The van der Waals surface area contributed by atoms with Crippen molar-refractivity contribution in [3.8, 4) is 0 Å². The highest BCUT2D eigenvalue weighted by molar-refractivity contribution is 5.87. The van der Waals surface area contributed by atoms with Crippen LogP contribution in [-0.4, -0.2) is 28.1 Å². The van der Waals surface area contributed by atoms with Gasteiger partial charge < -0.3 is 15.5 Å². The van der Waals surface area contributed by atoms with E-state index in [0.29, 0.717) is 12.8 Å². The summed E-state index contributed by atoms with van der Waals surface area (Å²) in [7, 11) is 0. The molecule has 2 rings (SSSR count). The van der Waals surface area contributed by atoms with Gasteiger partial charge in [-0.3, -0.25) is 9.59 Å². The van der Waals surface area contributed by atoms with Crippen molar-refractivity contribution in [1.82, 2.24) is 5.32 Å². The van der Waals surface area contributed by atoms with Crippen LogP contribution < -0.4 is 5.32 Å². The lowest BCUT2D eigenvalue weighted by atomic mass is 9.78.